The van der Waals surface area contributed by atoms with Gasteiger partial charge < -0.3 is 15.0 Å². The van der Waals surface area contributed by atoms with Gasteiger partial charge in [-0.25, -0.2) is 0 Å². The lowest BCUT2D eigenvalue weighted by Crippen LogP contribution is -2.31. The van der Waals surface area contributed by atoms with Crippen molar-refractivity contribution >= 4 is 28.2 Å². The molecule has 1 atom stereocenters. The lowest BCUT2D eigenvalue weighted by atomic mass is 10.2. The number of thiophene rings is 1. The van der Waals surface area contributed by atoms with E-state index < -0.39 is 0 Å². The lowest BCUT2D eigenvalue weighted by molar-refractivity contribution is -0.117. The fourth-order valence-electron chi connectivity index (χ4n) is 2.96. The second kappa shape index (κ2) is 8.12. The third-order valence-corrected chi connectivity index (χ3v) is 5.52. The summed E-state index contributed by atoms with van der Waals surface area (Å²) in [6.45, 7) is 4.44. The van der Waals surface area contributed by atoms with E-state index in [0.717, 1.165) is 63.2 Å². The normalized spacial score (nSPS) is 21.4. The van der Waals surface area contributed by atoms with Crippen molar-refractivity contribution in [1.29, 1.82) is 0 Å². The highest BCUT2D eigenvalue weighted by atomic mass is 32.1. The summed E-state index contributed by atoms with van der Waals surface area (Å²) in [5.74, 6) is 0.335. The van der Waals surface area contributed by atoms with Crippen molar-refractivity contribution in [3.63, 3.8) is 0 Å². The quantitative estimate of drug-likeness (QED) is 0.854. The highest BCUT2D eigenvalue weighted by molar-refractivity contribution is 7.18. The zero-order valence-electron chi connectivity index (χ0n) is 14.3. The molecule has 0 spiro atoms. The van der Waals surface area contributed by atoms with Gasteiger partial charge in [-0.2, -0.15) is 0 Å². The first kappa shape index (κ1) is 17.4. The molecule has 2 fully saturated rings. The maximum atomic E-state index is 12.7. The van der Waals surface area contributed by atoms with Crippen LogP contribution in [0.25, 0.3) is 0 Å². The number of likely N-dealkylation sites (tertiary alicyclic amines) is 1. The van der Waals surface area contributed by atoms with E-state index in [1.807, 2.05) is 17.0 Å². The minimum Gasteiger partial charge on any atom is -0.378 e. The molecule has 24 heavy (non-hydrogen) atoms. The van der Waals surface area contributed by atoms with Crippen LogP contribution in [0, 0.1) is 5.92 Å². The van der Waals surface area contributed by atoms with Gasteiger partial charge in [0.25, 0.3) is 5.91 Å². The van der Waals surface area contributed by atoms with Gasteiger partial charge in [-0.15, -0.1) is 11.3 Å². The van der Waals surface area contributed by atoms with E-state index in [-0.39, 0.29) is 23.8 Å². The topological polar surface area (TPSA) is 58.6 Å². The average molecular weight is 350 g/mol. The molecule has 1 aromatic heterocycles. The zero-order chi connectivity index (χ0) is 16.9. The molecule has 1 N–H and O–H groups in total. The van der Waals surface area contributed by atoms with Crippen LogP contribution >= 0.6 is 11.3 Å². The maximum Gasteiger partial charge on any atom is 0.263 e. The smallest absolute Gasteiger partial charge is 0.263 e. The lowest BCUT2D eigenvalue weighted by Gasteiger charge is -2.20. The van der Waals surface area contributed by atoms with Gasteiger partial charge in [-0.3, -0.25) is 9.59 Å². The molecule has 0 bridgehead atoms. The van der Waals surface area contributed by atoms with Crippen molar-refractivity contribution in [2.45, 2.75) is 51.6 Å². The molecule has 0 aromatic carbocycles. The number of amides is 2. The SMILES string of the molecule is CCCOC1CCCN(C(=O)c2ccc(NC(=O)C3CC3)s2)CC1. The van der Waals surface area contributed by atoms with Crippen LogP contribution in [0.1, 0.15) is 55.1 Å². The Kier molecular flexibility index (Phi) is 5.89. The molecule has 132 valence electrons. The first-order valence-electron chi connectivity index (χ1n) is 8.99. The minimum atomic E-state index is 0.0723. The van der Waals surface area contributed by atoms with Gasteiger partial charge in [0.2, 0.25) is 5.91 Å². The number of rotatable bonds is 6. The number of nitrogens with one attached hydrogen (secondary N) is 1. The van der Waals surface area contributed by atoms with E-state index in [0.29, 0.717) is 4.88 Å². The fourth-order valence-corrected chi connectivity index (χ4v) is 3.84. The van der Waals surface area contributed by atoms with Gasteiger partial charge in [0.15, 0.2) is 0 Å². The Labute approximate surface area is 147 Å². The first-order valence-corrected chi connectivity index (χ1v) is 9.80. The van der Waals surface area contributed by atoms with Gasteiger partial charge in [0.1, 0.15) is 0 Å². The first-order chi connectivity index (χ1) is 11.7. The summed E-state index contributed by atoms with van der Waals surface area (Å²) in [5.41, 5.74) is 0. The standard InChI is InChI=1S/C18H26N2O3S/c1-2-12-23-14-4-3-10-20(11-9-14)18(22)15-7-8-16(24-15)19-17(21)13-5-6-13/h7-8,13-14H,2-6,9-12H2,1H3,(H,19,21). The third kappa shape index (κ3) is 4.57. The number of anilines is 1. The van der Waals surface area contributed by atoms with Crippen LogP contribution in [-0.2, 0) is 9.53 Å². The molecule has 3 rings (SSSR count). The molecule has 1 aromatic rings. The third-order valence-electron chi connectivity index (χ3n) is 4.53. The molecule has 1 unspecified atom stereocenters. The highest BCUT2D eigenvalue weighted by Crippen LogP contribution is 2.32. The molecule has 1 aliphatic carbocycles. The predicted molar refractivity (Wildman–Crippen MR) is 95.5 cm³/mol. The van der Waals surface area contributed by atoms with Crippen LogP contribution in [0.3, 0.4) is 0 Å². The van der Waals surface area contributed by atoms with Gasteiger partial charge in [-0.1, -0.05) is 6.92 Å². The van der Waals surface area contributed by atoms with Crippen molar-refractivity contribution in [2.24, 2.45) is 5.92 Å². The number of hydrogen-bond donors (Lipinski definition) is 1. The van der Waals surface area contributed by atoms with Crippen molar-refractivity contribution < 1.29 is 14.3 Å². The van der Waals surface area contributed by atoms with Crippen molar-refractivity contribution in [1.82, 2.24) is 4.90 Å². The molecule has 6 heteroatoms. The van der Waals surface area contributed by atoms with Crippen molar-refractivity contribution in [3.8, 4) is 0 Å². The minimum absolute atomic E-state index is 0.0723. The molecule has 5 nitrogen and oxygen atoms in total. The molecular weight excluding hydrogens is 324 g/mol. The van der Waals surface area contributed by atoms with E-state index in [2.05, 4.69) is 12.2 Å². The largest absolute Gasteiger partial charge is 0.378 e. The Balaban J connectivity index is 1.53. The van der Waals surface area contributed by atoms with Crippen LogP contribution in [0.4, 0.5) is 5.00 Å². The summed E-state index contributed by atoms with van der Waals surface area (Å²) < 4.78 is 5.84. The monoisotopic (exact) mass is 350 g/mol. The van der Waals surface area contributed by atoms with Gasteiger partial charge in [-0.05, 0) is 50.7 Å². The van der Waals surface area contributed by atoms with E-state index in [4.69, 9.17) is 4.74 Å². The maximum absolute atomic E-state index is 12.7. The summed E-state index contributed by atoms with van der Waals surface area (Å²) in [7, 11) is 0. The van der Waals surface area contributed by atoms with E-state index >= 15 is 0 Å². The number of ether oxygens (including phenoxy) is 1. The summed E-state index contributed by atoms with van der Waals surface area (Å²) in [5, 5.41) is 3.69. The molecule has 1 saturated heterocycles. The Morgan fingerprint density at radius 2 is 2.08 bits per heavy atom. The second-order valence-corrected chi connectivity index (χ2v) is 7.73. The van der Waals surface area contributed by atoms with Crippen LogP contribution in [0.15, 0.2) is 12.1 Å². The molecule has 1 aliphatic heterocycles. The fraction of sp³-hybridized carbons (Fsp3) is 0.667. The van der Waals surface area contributed by atoms with Crippen molar-refractivity contribution in [3.05, 3.63) is 17.0 Å². The molecule has 1 saturated carbocycles. The molecule has 2 aliphatic rings. The number of nitrogens with zero attached hydrogens (tertiary/aromatic N) is 1. The highest BCUT2D eigenvalue weighted by Gasteiger charge is 2.30. The van der Waals surface area contributed by atoms with Crippen molar-refractivity contribution in [2.75, 3.05) is 25.0 Å². The molecule has 0 radical (unpaired) electrons. The number of hydrogen-bond acceptors (Lipinski definition) is 4. The summed E-state index contributed by atoms with van der Waals surface area (Å²) in [6, 6.07) is 3.66. The second-order valence-electron chi connectivity index (χ2n) is 6.64. The van der Waals surface area contributed by atoms with Gasteiger partial charge in [0, 0.05) is 25.6 Å². The number of carbonyl (C=O) groups excluding carboxylic acids is 2. The molecular formula is C18H26N2O3S. The van der Waals surface area contributed by atoms with E-state index in [9.17, 15) is 9.59 Å². The summed E-state index contributed by atoms with van der Waals surface area (Å²) in [4.78, 5) is 27.1. The Morgan fingerprint density at radius 3 is 2.83 bits per heavy atom. The van der Waals surface area contributed by atoms with Gasteiger partial charge in [0.05, 0.1) is 16.0 Å². The average Bonchev–Trinajstić information content (AvgIpc) is 3.37. The Bertz CT molecular complexity index is 583. The van der Waals surface area contributed by atoms with Crippen LogP contribution in [0.5, 0.6) is 0 Å². The predicted octanol–water partition coefficient (Wildman–Crippen LogP) is 3.52. The van der Waals surface area contributed by atoms with Gasteiger partial charge >= 0.3 is 0 Å². The van der Waals surface area contributed by atoms with E-state index in [1.165, 1.54) is 11.3 Å². The molecule has 2 amide bonds. The zero-order valence-corrected chi connectivity index (χ0v) is 15.1. The Hall–Kier alpha value is -1.40. The summed E-state index contributed by atoms with van der Waals surface area (Å²) >= 11 is 1.38. The number of carbonyl (C=O) groups is 2. The van der Waals surface area contributed by atoms with E-state index in [1.54, 1.807) is 0 Å². The van der Waals surface area contributed by atoms with Crippen LogP contribution in [0.2, 0.25) is 0 Å². The molecule has 2 heterocycles. The van der Waals surface area contributed by atoms with Crippen LogP contribution < -0.4 is 5.32 Å². The van der Waals surface area contributed by atoms with Crippen LogP contribution in [-0.4, -0.2) is 42.5 Å². The Morgan fingerprint density at radius 1 is 1.25 bits per heavy atom. The summed E-state index contributed by atoms with van der Waals surface area (Å²) in [6.07, 6.45) is 6.19.